The van der Waals surface area contributed by atoms with Crippen molar-refractivity contribution < 1.29 is 28.5 Å². The number of benzene rings is 2. The van der Waals surface area contributed by atoms with Crippen LogP contribution in [-0.4, -0.2) is 44.4 Å². The van der Waals surface area contributed by atoms with Gasteiger partial charge >= 0.3 is 0 Å². The van der Waals surface area contributed by atoms with Crippen molar-refractivity contribution in [2.24, 2.45) is 0 Å². The Morgan fingerprint density at radius 1 is 0.938 bits per heavy atom. The molecule has 0 aliphatic carbocycles. The van der Waals surface area contributed by atoms with Gasteiger partial charge in [0.2, 0.25) is 0 Å². The number of thiocarbonyl (C=S) groups is 1. The zero-order valence-electron chi connectivity index (χ0n) is 18.3. The lowest BCUT2D eigenvalue weighted by Crippen LogP contribution is -2.54. The summed E-state index contributed by atoms with van der Waals surface area (Å²) in [5.74, 6) is 0.860. The number of methoxy groups -OCH3 is 2. The number of rotatable bonds is 8. The number of anilines is 1. The van der Waals surface area contributed by atoms with Crippen molar-refractivity contribution in [1.82, 2.24) is 5.32 Å². The number of hydrogen-bond acceptors (Lipinski definition) is 7. The van der Waals surface area contributed by atoms with Crippen LogP contribution < -0.4 is 29.2 Å². The predicted octanol–water partition coefficient (Wildman–Crippen LogP) is 3.33. The highest BCUT2D eigenvalue weighted by atomic mass is 32.1. The molecule has 0 aromatic heterocycles. The van der Waals surface area contributed by atoms with E-state index in [0.717, 1.165) is 0 Å². The van der Waals surface area contributed by atoms with Gasteiger partial charge in [-0.15, -0.1) is 0 Å². The fourth-order valence-electron chi connectivity index (χ4n) is 3.17. The molecule has 1 N–H and O–H groups in total. The van der Waals surface area contributed by atoms with Crippen LogP contribution in [0.3, 0.4) is 0 Å². The lowest BCUT2D eigenvalue weighted by atomic mass is 10.1. The number of nitrogens with zero attached hydrogens (tertiary/aromatic N) is 1. The Bertz CT molecular complexity index is 1080. The number of carbonyl (C=O) groups is 2. The smallest absolute Gasteiger partial charge is 0.270 e. The fourth-order valence-corrected chi connectivity index (χ4v) is 3.45. The zero-order chi connectivity index (χ0) is 23.3. The van der Waals surface area contributed by atoms with E-state index in [1.807, 2.05) is 13.8 Å². The molecule has 2 amide bonds. The average Bonchev–Trinajstić information content (AvgIpc) is 2.78. The van der Waals surface area contributed by atoms with Gasteiger partial charge in [0.1, 0.15) is 28.6 Å². The molecular formula is C23H24N2O6S. The lowest BCUT2D eigenvalue weighted by Gasteiger charge is -2.30. The third kappa shape index (κ3) is 4.67. The summed E-state index contributed by atoms with van der Waals surface area (Å²) in [5, 5.41) is 2.52. The van der Waals surface area contributed by atoms with Gasteiger partial charge in [-0.25, -0.2) is 4.90 Å². The summed E-state index contributed by atoms with van der Waals surface area (Å²) in [6.45, 7) is 4.64. The van der Waals surface area contributed by atoms with Crippen molar-refractivity contribution in [2.75, 3.05) is 32.3 Å². The molecule has 168 valence electrons. The van der Waals surface area contributed by atoms with Gasteiger partial charge in [0.25, 0.3) is 11.8 Å². The average molecular weight is 457 g/mol. The third-order valence-corrected chi connectivity index (χ3v) is 4.91. The highest BCUT2D eigenvalue weighted by molar-refractivity contribution is 7.80. The predicted molar refractivity (Wildman–Crippen MR) is 125 cm³/mol. The van der Waals surface area contributed by atoms with Crippen LogP contribution in [0.1, 0.15) is 19.4 Å². The molecule has 1 aliphatic rings. The van der Waals surface area contributed by atoms with E-state index in [9.17, 15) is 9.59 Å². The molecule has 2 aromatic carbocycles. The maximum Gasteiger partial charge on any atom is 0.270 e. The van der Waals surface area contributed by atoms with Crippen LogP contribution >= 0.6 is 12.2 Å². The fraction of sp³-hybridized carbons (Fsp3) is 0.261. The summed E-state index contributed by atoms with van der Waals surface area (Å²) >= 11 is 5.28. The molecule has 1 heterocycles. The molecular weight excluding hydrogens is 432 g/mol. The topological polar surface area (TPSA) is 86.3 Å². The van der Waals surface area contributed by atoms with Gasteiger partial charge in [0, 0.05) is 17.7 Å². The molecule has 0 atom stereocenters. The van der Waals surface area contributed by atoms with Crippen LogP contribution in [0.15, 0.2) is 42.0 Å². The minimum atomic E-state index is -0.597. The number of carbonyl (C=O) groups excluding carboxylic acids is 2. The van der Waals surface area contributed by atoms with E-state index in [1.54, 1.807) is 36.4 Å². The van der Waals surface area contributed by atoms with Gasteiger partial charge in [-0.3, -0.25) is 14.9 Å². The first-order valence-corrected chi connectivity index (χ1v) is 10.4. The standard InChI is InChI=1S/C23H24N2O6S/c1-5-30-16-8-7-14(19(13-16)31-6-2)11-17-21(26)24-23(32)25(22(17)27)18-10-9-15(28-3)12-20(18)29-4/h7-13H,5-6H2,1-4H3,(H,24,26,32)/b17-11+. The molecule has 32 heavy (non-hydrogen) atoms. The van der Waals surface area contributed by atoms with Crippen LogP contribution in [0.4, 0.5) is 5.69 Å². The Hall–Kier alpha value is -3.59. The van der Waals surface area contributed by atoms with E-state index in [2.05, 4.69) is 5.32 Å². The second-order valence-electron chi connectivity index (χ2n) is 6.56. The Morgan fingerprint density at radius 2 is 1.62 bits per heavy atom. The minimum absolute atomic E-state index is 0.0441. The van der Waals surface area contributed by atoms with E-state index in [0.29, 0.717) is 47.5 Å². The summed E-state index contributed by atoms with van der Waals surface area (Å²) in [7, 11) is 3.00. The van der Waals surface area contributed by atoms with Crippen molar-refractivity contribution in [1.29, 1.82) is 0 Å². The molecule has 1 saturated heterocycles. The van der Waals surface area contributed by atoms with Crippen molar-refractivity contribution in [2.45, 2.75) is 13.8 Å². The van der Waals surface area contributed by atoms with Crippen LogP contribution in [0.5, 0.6) is 23.0 Å². The van der Waals surface area contributed by atoms with Crippen molar-refractivity contribution in [3.63, 3.8) is 0 Å². The summed E-state index contributed by atoms with van der Waals surface area (Å²) in [4.78, 5) is 27.2. The molecule has 8 nitrogen and oxygen atoms in total. The van der Waals surface area contributed by atoms with E-state index in [1.165, 1.54) is 25.2 Å². The molecule has 1 fully saturated rings. The minimum Gasteiger partial charge on any atom is -0.497 e. The van der Waals surface area contributed by atoms with E-state index < -0.39 is 11.8 Å². The van der Waals surface area contributed by atoms with E-state index in [4.69, 9.17) is 31.2 Å². The van der Waals surface area contributed by atoms with E-state index >= 15 is 0 Å². The Kier molecular flexibility index (Phi) is 7.32. The highest BCUT2D eigenvalue weighted by Crippen LogP contribution is 2.35. The first kappa shape index (κ1) is 23.1. The molecule has 0 radical (unpaired) electrons. The Morgan fingerprint density at radius 3 is 2.28 bits per heavy atom. The molecule has 0 spiro atoms. The second kappa shape index (κ2) is 10.1. The van der Waals surface area contributed by atoms with Crippen LogP contribution in [0, 0.1) is 0 Å². The van der Waals surface area contributed by atoms with Gasteiger partial charge < -0.3 is 18.9 Å². The summed E-state index contributed by atoms with van der Waals surface area (Å²) in [6.07, 6.45) is 1.48. The van der Waals surface area contributed by atoms with Crippen LogP contribution in [-0.2, 0) is 9.59 Å². The van der Waals surface area contributed by atoms with Crippen molar-refractivity contribution in [3.05, 3.63) is 47.5 Å². The Labute approximate surface area is 191 Å². The lowest BCUT2D eigenvalue weighted by molar-refractivity contribution is -0.122. The van der Waals surface area contributed by atoms with Crippen molar-refractivity contribution >= 4 is 40.9 Å². The monoisotopic (exact) mass is 456 g/mol. The molecule has 3 rings (SSSR count). The molecule has 9 heteroatoms. The Balaban J connectivity index is 2.05. The molecule has 0 bridgehead atoms. The van der Waals surface area contributed by atoms with Gasteiger partial charge in [0.15, 0.2) is 5.11 Å². The van der Waals surface area contributed by atoms with Gasteiger partial charge in [-0.05, 0) is 56.4 Å². The molecule has 0 saturated carbocycles. The zero-order valence-corrected chi connectivity index (χ0v) is 19.1. The van der Waals surface area contributed by atoms with Crippen molar-refractivity contribution in [3.8, 4) is 23.0 Å². The summed E-state index contributed by atoms with van der Waals surface area (Å²) in [6, 6.07) is 10.1. The SMILES string of the molecule is CCOc1ccc(/C=C2\C(=O)NC(=S)N(c3ccc(OC)cc3OC)C2=O)c(OCC)c1. The molecule has 2 aromatic rings. The number of hydrogen-bond donors (Lipinski definition) is 1. The number of ether oxygens (including phenoxy) is 4. The molecule has 1 aliphatic heterocycles. The van der Waals surface area contributed by atoms with Gasteiger partial charge in [0.05, 0.1) is 33.1 Å². The summed E-state index contributed by atoms with van der Waals surface area (Å²) in [5.41, 5.74) is 0.843. The van der Waals surface area contributed by atoms with Gasteiger partial charge in [-0.2, -0.15) is 0 Å². The maximum atomic E-state index is 13.4. The maximum absolute atomic E-state index is 13.4. The largest absolute Gasteiger partial charge is 0.497 e. The first-order chi connectivity index (χ1) is 15.4. The van der Waals surface area contributed by atoms with E-state index in [-0.39, 0.29) is 10.7 Å². The van der Waals surface area contributed by atoms with Crippen LogP contribution in [0.2, 0.25) is 0 Å². The number of amides is 2. The number of nitrogens with one attached hydrogen (secondary N) is 1. The third-order valence-electron chi connectivity index (χ3n) is 4.63. The normalized spacial score (nSPS) is 14.9. The molecule has 0 unspecified atom stereocenters. The van der Waals surface area contributed by atoms with Gasteiger partial charge in [-0.1, -0.05) is 0 Å². The second-order valence-corrected chi connectivity index (χ2v) is 6.95. The summed E-state index contributed by atoms with van der Waals surface area (Å²) < 4.78 is 21.8. The first-order valence-electron chi connectivity index (χ1n) is 9.96. The van der Waals surface area contributed by atoms with Crippen LogP contribution in [0.25, 0.3) is 6.08 Å². The quantitative estimate of drug-likeness (QED) is 0.370. The highest BCUT2D eigenvalue weighted by Gasteiger charge is 2.36.